The molecule has 2 nitrogen and oxygen atoms in total. The molecule has 0 unspecified atom stereocenters. The van der Waals surface area contributed by atoms with Gasteiger partial charge in [-0.1, -0.05) is 194 Å². The Hall–Kier alpha value is -7.94. The number of fused-ring (bicyclic) bond motifs is 4. The van der Waals surface area contributed by atoms with Crippen molar-refractivity contribution < 1.29 is 0 Å². The Morgan fingerprint density at radius 2 is 0.833 bits per heavy atom. The summed E-state index contributed by atoms with van der Waals surface area (Å²) in [6, 6.07) is 87.9. The van der Waals surface area contributed by atoms with Gasteiger partial charge in [0.2, 0.25) is 0 Å². The van der Waals surface area contributed by atoms with Crippen LogP contribution in [0.15, 0.2) is 243 Å². The molecule has 10 aromatic carbocycles. The smallest absolute Gasteiger partial charge is 0.0547 e. The Morgan fingerprint density at radius 1 is 0.300 bits per heavy atom. The lowest BCUT2D eigenvalue weighted by Gasteiger charge is -2.30. The van der Waals surface area contributed by atoms with Crippen molar-refractivity contribution in [2.24, 2.45) is 0 Å². The molecule has 0 aliphatic carbocycles. The van der Waals surface area contributed by atoms with Gasteiger partial charge in [-0.15, -0.1) is 0 Å². The number of para-hydroxylation sites is 4. The van der Waals surface area contributed by atoms with E-state index in [1.165, 1.54) is 66.0 Å². The van der Waals surface area contributed by atoms with E-state index in [0.717, 1.165) is 33.9 Å². The summed E-state index contributed by atoms with van der Waals surface area (Å²) in [5.74, 6) is 0. The molecular formula is C58H40N2. The number of rotatable bonds is 8. The number of hydrogen-bond donors (Lipinski definition) is 0. The van der Waals surface area contributed by atoms with Gasteiger partial charge in [0.05, 0.1) is 28.1 Å². The summed E-state index contributed by atoms with van der Waals surface area (Å²) in [6.45, 7) is 0. The van der Waals surface area contributed by atoms with Crippen LogP contribution in [0.25, 0.3) is 82.8 Å². The van der Waals surface area contributed by atoms with Crippen molar-refractivity contribution in [3.05, 3.63) is 243 Å². The topological polar surface area (TPSA) is 8.17 Å². The molecule has 0 bridgehead atoms. The maximum absolute atomic E-state index is 2.46. The molecule has 0 spiro atoms. The summed E-state index contributed by atoms with van der Waals surface area (Å²) < 4.78 is 2.45. The summed E-state index contributed by atoms with van der Waals surface area (Å²) in [5.41, 5.74) is 16.3. The second kappa shape index (κ2) is 15.1. The second-order valence-corrected chi connectivity index (χ2v) is 15.3. The van der Waals surface area contributed by atoms with Crippen molar-refractivity contribution >= 4 is 49.6 Å². The Kier molecular flexibility index (Phi) is 8.87. The fourth-order valence-corrected chi connectivity index (χ4v) is 9.04. The van der Waals surface area contributed by atoms with Gasteiger partial charge in [0, 0.05) is 33.2 Å². The molecule has 282 valence electrons. The molecular weight excluding hydrogens is 725 g/mol. The molecule has 11 rings (SSSR count). The Balaban J connectivity index is 1.15. The third kappa shape index (κ3) is 6.14. The van der Waals surface area contributed by atoms with Gasteiger partial charge in [0.25, 0.3) is 0 Å². The minimum Gasteiger partial charge on any atom is -0.309 e. The Bertz CT molecular complexity index is 3310. The lowest BCUT2D eigenvalue weighted by molar-refractivity contribution is 1.18. The van der Waals surface area contributed by atoms with Gasteiger partial charge >= 0.3 is 0 Å². The van der Waals surface area contributed by atoms with E-state index in [1.807, 2.05) is 0 Å². The molecule has 0 atom stereocenters. The van der Waals surface area contributed by atoms with Crippen molar-refractivity contribution in [1.29, 1.82) is 0 Å². The summed E-state index contributed by atoms with van der Waals surface area (Å²) in [4.78, 5) is 2.46. The van der Waals surface area contributed by atoms with Gasteiger partial charge in [-0.05, 0) is 87.1 Å². The van der Waals surface area contributed by atoms with Crippen LogP contribution in [0.2, 0.25) is 0 Å². The maximum Gasteiger partial charge on any atom is 0.0547 e. The van der Waals surface area contributed by atoms with E-state index in [1.54, 1.807) is 0 Å². The maximum atomic E-state index is 2.46. The first-order chi connectivity index (χ1) is 29.8. The van der Waals surface area contributed by atoms with Crippen LogP contribution in [0.5, 0.6) is 0 Å². The third-order valence-electron chi connectivity index (χ3n) is 11.8. The number of hydrogen-bond acceptors (Lipinski definition) is 1. The van der Waals surface area contributed by atoms with E-state index in [-0.39, 0.29) is 0 Å². The zero-order valence-corrected chi connectivity index (χ0v) is 33.0. The first-order valence-corrected chi connectivity index (χ1v) is 20.6. The van der Waals surface area contributed by atoms with Crippen LogP contribution in [0, 0.1) is 0 Å². The molecule has 0 N–H and O–H groups in total. The van der Waals surface area contributed by atoms with E-state index < -0.39 is 0 Å². The number of anilines is 3. The summed E-state index contributed by atoms with van der Waals surface area (Å²) in [6.07, 6.45) is 0. The normalized spacial score (nSPS) is 11.3. The molecule has 0 aliphatic heterocycles. The fourth-order valence-electron chi connectivity index (χ4n) is 9.04. The van der Waals surface area contributed by atoms with Crippen molar-refractivity contribution in [3.63, 3.8) is 0 Å². The summed E-state index contributed by atoms with van der Waals surface area (Å²) in [5, 5.41) is 4.90. The van der Waals surface area contributed by atoms with Crippen molar-refractivity contribution in [3.8, 4) is 50.2 Å². The highest BCUT2D eigenvalue weighted by molar-refractivity contribution is 6.17. The highest BCUT2D eigenvalue weighted by Crippen LogP contribution is 2.48. The highest BCUT2D eigenvalue weighted by atomic mass is 15.1. The van der Waals surface area contributed by atoms with Crippen LogP contribution in [0.4, 0.5) is 17.1 Å². The first kappa shape index (κ1) is 35.2. The first-order valence-electron chi connectivity index (χ1n) is 20.6. The largest absolute Gasteiger partial charge is 0.309 e. The molecule has 0 aliphatic rings. The zero-order chi connectivity index (χ0) is 39.8. The van der Waals surface area contributed by atoms with E-state index in [9.17, 15) is 0 Å². The van der Waals surface area contributed by atoms with Gasteiger partial charge in [0.15, 0.2) is 0 Å². The van der Waals surface area contributed by atoms with Gasteiger partial charge < -0.3 is 9.47 Å². The second-order valence-electron chi connectivity index (χ2n) is 15.3. The number of nitrogens with zero attached hydrogens (tertiary/aromatic N) is 2. The standard InChI is InChI=1S/C58H40N2/c1-3-18-41(19-4-1)43-36-38-47(39-37-43)59(53-29-13-10-25-49(53)46-35-34-42-20-7-8-23-45(42)40-46)55-31-15-11-26-50(55)51-28-17-33-57-58(51)52-27-12-16-32-56(52)60(57)54-30-14-9-24-48(54)44-21-5-2-6-22-44/h1-40H. The summed E-state index contributed by atoms with van der Waals surface area (Å²) in [7, 11) is 0. The molecule has 2 heteroatoms. The van der Waals surface area contributed by atoms with Gasteiger partial charge in [0.1, 0.15) is 0 Å². The van der Waals surface area contributed by atoms with Crippen molar-refractivity contribution in [1.82, 2.24) is 4.57 Å². The molecule has 1 aromatic heterocycles. The molecule has 60 heavy (non-hydrogen) atoms. The SMILES string of the molecule is c1ccc(-c2ccc(N(c3ccccc3-c3ccc4ccccc4c3)c3ccccc3-c3cccc4c3c3ccccc3n4-c3ccccc3-c3ccccc3)cc2)cc1. The van der Waals surface area contributed by atoms with E-state index >= 15 is 0 Å². The third-order valence-corrected chi connectivity index (χ3v) is 11.8. The van der Waals surface area contributed by atoms with Crippen LogP contribution in [0.1, 0.15) is 0 Å². The van der Waals surface area contributed by atoms with Crippen LogP contribution >= 0.6 is 0 Å². The predicted molar refractivity (Wildman–Crippen MR) is 255 cm³/mol. The monoisotopic (exact) mass is 764 g/mol. The average molecular weight is 765 g/mol. The van der Waals surface area contributed by atoms with E-state index in [4.69, 9.17) is 0 Å². The lowest BCUT2D eigenvalue weighted by Crippen LogP contribution is -2.12. The molecule has 0 saturated carbocycles. The highest BCUT2D eigenvalue weighted by Gasteiger charge is 2.24. The van der Waals surface area contributed by atoms with E-state index in [0.29, 0.717) is 0 Å². The fraction of sp³-hybridized carbons (Fsp3) is 0. The average Bonchev–Trinajstić information content (AvgIpc) is 3.67. The van der Waals surface area contributed by atoms with Gasteiger partial charge in [-0.3, -0.25) is 0 Å². The molecule has 11 aromatic rings. The lowest BCUT2D eigenvalue weighted by atomic mass is 9.95. The van der Waals surface area contributed by atoms with Crippen LogP contribution < -0.4 is 4.90 Å². The van der Waals surface area contributed by atoms with Gasteiger partial charge in [-0.25, -0.2) is 0 Å². The van der Waals surface area contributed by atoms with E-state index in [2.05, 4.69) is 252 Å². The molecule has 1 heterocycles. The Morgan fingerprint density at radius 3 is 1.62 bits per heavy atom. The minimum absolute atomic E-state index is 1.08. The van der Waals surface area contributed by atoms with Crippen molar-refractivity contribution in [2.45, 2.75) is 0 Å². The molecule has 0 fully saturated rings. The quantitative estimate of drug-likeness (QED) is 0.150. The van der Waals surface area contributed by atoms with Crippen LogP contribution in [-0.2, 0) is 0 Å². The Labute approximate surface area is 350 Å². The number of benzene rings is 10. The van der Waals surface area contributed by atoms with Crippen LogP contribution in [0.3, 0.4) is 0 Å². The molecule has 0 saturated heterocycles. The van der Waals surface area contributed by atoms with Gasteiger partial charge in [-0.2, -0.15) is 0 Å². The predicted octanol–water partition coefficient (Wildman–Crippen LogP) is 16.1. The van der Waals surface area contributed by atoms with Crippen molar-refractivity contribution in [2.75, 3.05) is 4.90 Å². The molecule has 0 radical (unpaired) electrons. The minimum atomic E-state index is 1.08. The zero-order valence-electron chi connectivity index (χ0n) is 33.0. The number of aromatic nitrogens is 1. The molecule has 0 amide bonds. The van der Waals surface area contributed by atoms with Crippen LogP contribution in [-0.4, -0.2) is 4.57 Å². The summed E-state index contributed by atoms with van der Waals surface area (Å²) >= 11 is 0.